The highest BCUT2D eigenvalue weighted by atomic mass is 14.5. The van der Waals surface area contributed by atoms with Crippen LogP contribution in [0.25, 0.3) is 21.9 Å². The van der Waals surface area contributed by atoms with Gasteiger partial charge in [0.15, 0.2) is 0 Å². The van der Waals surface area contributed by atoms with E-state index in [-0.39, 0.29) is 0 Å². The molecule has 0 spiro atoms. The summed E-state index contributed by atoms with van der Waals surface area (Å²) < 4.78 is 0. The van der Waals surface area contributed by atoms with Gasteiger partial charge in [0, 0.05) is 5.69 Å². The van der Waals surface area contributed by atoms with Crippen molar-refractivity contribution in [3.8, 4) is 11.1 Å². The third kappa shape index (κ3) is 1.22. The van der Waals surface area contributed by atoms with Crippen LogP contribution in [-0.4, -0.2) is 0 Å². The Balaban J connectivity index is 2.07. The van der Waals surface area contributed by atoms with Crippen molar-refractivity contribution >= 4 is 16.5 Å². The largest absolute Gasteiger partial charge is 0.399 e. The molecule has 1 aliphatic carbocycles. The maximum Gasteiger partial charge on any atom is 0.0320 e. The average Bonchev–Trinajstić information content (AvgIpc) is 2.77. The third-order valence-corrected chi connectivity index (χ3v) is 3.83. The molecule has 1 aliphatic rings. The van der Waals surface area contributed by atoms with Crippen LogP contribution < -0.4 is 5.73 Å². The topological polar surface area (TPSA) is 26.0 Å². The Labute approximate surface area is 106 Å². The summed E-state index contributed by atoms with van der Waals surface area (Å²) in [7, 11) is 0. The average molecular weight is 231 g/mol. The van der Waals surface area contributed by atoms with E-state index in [0.717, 1.165) is 12.1 Å². The monoisotopic (exact) mass is 231 g/mol. The third-order valence-electron chi connectivity index (χ3n) is 3.83. The SMILES string of the molecule is Nc1ccc2c3c(ccc2c1)-c1ccccc1C3. The Bertz CT molecular complexity index is 772. The van der Waals surface area contributed by atoms with E-state index in [2.05, 4.69) is 48.5 Å². The normalized spacial score (nSPS) is 12.4. The Morgan fingerprint density at radius 2 is 1.72 bits per heavy atom. The molecule has 3 aromatic carbocycles. The van der Waals surface area contributed by atoms with Gasteiger partial charge in [0.1, 0.15) is 0 Å². The van der Waals surface area contributed by atoms with E-state index >= 15 is 0 Å². The van der Waals surface area contributed by atoms with Crippen LogP contribution in [0.4, 0.5) is 5.69 Å². The minimum atomic E-state index is 0.831. The van der Waals surface area contributed by atoms with Crippen LogP contribution in [0.2, 0.25) is 0 Å². The molecule has 0 heterocycles. The van der Waals surface area contributed by atoms with Gasteiger partial charge in [-0.2, -0.15) is 0 Å². The summed E-state index contributed by atoms with van der Waals surface area (Å²) >= 11 is 0. The molecule has 86 valence electrons. The number of benzene rings is 3. The highest BCUT2D eigenvalue weighted by Gasteiger charge is 2.19. The Hall–Kier alpha value is -2.28. The van der Waals surface area contributed by atoms with Gasteiger partial charge in [-0.05, 0) is 51.6 Å². The second-order valence-corrected chi connectivity index (χ2v) is 4.91. The summed E-state index contributed by atoms with van der Waals surface area (Å²) in [5.41, 5.74) is 12.3. The molecule has 0 radical (unpaired) electrons. The number of hydrogen-bond acceptors (Lipinski definition) is 1. The number of nitrogens with two attached hydrogens (primary N) is 1. The first-order chi connectivity index (χ1) is 8.83. The Morgan fingerprint density at radius 3 is 2.67 bits per heavy atom. The highest BCUT2D eigenvalue weighted by Crippen LogP contribution is 2.40. The predicted molar refractivity (Wildman–Crippen MR) is 76.6 cm³/mol. The van der Waals surface area contributed by atoms with E-state index < -0.39 is 0 Å². The molecule has 0 aliphatic heterocycles. The highest BCUT2D eigenvalue weighted by molar-refractivity contribution is 5.96. The fourth-order valence-electron chi connectivity index (χ4n) is 2.98. The van der Waals surface area contributed by atoms with Gasteiger partial charge in [0.05, 0.1) is 0 Å². The molecular weight excluding hydrogens is 218 g/mol. The van der Waals surface area contributed by atoms with Crippen LogP contribution in [0.15, 0.2) is 54.6 Å². The van der Waals surface area contributed by atoms with Crippen molar-refractivity contribution in [2.75, 3.05) is 5.73 Å². The van der Waals surface area contributed by atoms with Crippen molar-refractivity contribution in [3.05, 3.63) is 65.7 Å². The van der Waals surface area contributed by atoms with Crippen molar-refractivity contribution in [1.29, 1.82) is 0 Å². The summed E-state index contributed by atoms with van der Waals surface area (Å²) in [6, 6.07) is 19.3. The number of hydrogen-bond donors (Lipinski definition) is 1. The maximum atomic E-state index is 5.85. The summed E-state index contributed by atoms with van der Waals surface area (Å²) in [5.74, 6) is 0. The lowest BCUT2D eigenvalue weighted by Gasteiger charge is -2.06. The van der Waals surface area contributed by atoms with E-state index in [4.69, 9.17) is 5.73 Å². The van der Waals surface area contributed by atoms with Crippen LogP contribution in [0.5, 0.6) is 0 Å². The van der Waals surface area contributed by atoms with Crippen molar-refractivity contribution in [2.45, 2.75) is 6.42 Å². The molecule has 0 saturated carbocycles. The van der Waals surface area contributed by atoms with Crippen LogP contribution in [0, 0.1) is 0 Å². The summed E-state index contributed by atoms with van der Waals surface area (Å²) in [4.78, 5) is 0. The van der Waals surface area contributed by atoms with Gasteiger partial charge in [-0.3, -0.25) is 0 Å². The molecule has 0 fully saturated rings. The molecule has 0 amide bonds. The summed E-state index contributed by atoms with van der Waals surface area (Å²) in [6.45, 7) is 0. The Morgan fingerprint density at radius 1 is 0.833 bits per heavy atom. The fraction of sp³-hybridized carbons (Fsp3) is 0.0588. The molecule has 2 N–H and O–H groups in total. The molecule has 0 unspecified atom stereocenters. The summed E-state index contributed by atoms with van der Waals surface area (Å²) in [6.07, 6.45) is 1.03. The van der Waals surface area contributed by atoms with Crippen LogP contribution in [0.1, 0.15) is 11.1 Å². The molecule has 4 rings (SSSR count). The molecule has 3 aromatic rings. The van der Waals surface area contributed by atoms with Crippen molar-refractivity contribution < 1.29 is 0 Å². The van der Waals surface area contributed by atoms with E-state index in [1.165, 1.54) is 33.0 Å². The lowest BCUT2D eigenvalue weighted by molar-refractivity contribution is 1.28. The second-order valence-electron chi connectivity index (χ2n) is 4.91. The number of nitrogen functional groups attached to an aromatic ring is 1. The van der Waals surface area contributed by atoms with Gasteiger partial charge in [-0.15, -0.1) is 0 Å². The number of rotatable bonds is 0. The zero-order valence-electron chi connectivity index (χ0n) is 9.98. The summed E-state index contributed by atoms with van der Waals surface area (Å²) in [5, 5.41) is 2.57. The molecule has 0 aromatic heterocycles. The first-order valence-corrected chi connectivity index (χ1v) is 6.22. The Kier molecular flexibility index (Phi) is 1.81. The van der Waals surface area contributed by atoms with Crippen LogP contribution >= 0.6 is 0 Å². The predicted octanol–water partition coefficient (Wildman–Crippen LogP) is 3.99. The van der Waals surface area contributed by atoms with Crippen LogP contribution in [-0.2, 0) is 6.42 Å². The lowest BCUT2D eigenvalue weighted by Crippen LogP contribution is -1.87. The first-order valence-electron chi connectivity index (χ1n) is 6.22. The fourth-order valence-corrected chi connectivity index (χ4v) is 2.98. The van der Waals surface area contributed by atoms with Crippen LogP contribution in [0.3, 0.4) is 0 Å². The molecule has 1 heteroatoms. The van der Waals surface area contributed by atoms with Gasteiger partial charge in [0.2, 0.25) is 0 Å². The van der Waals surface area contributed by atoms with Crippen molar-refractivity contribution in [2.24, 2.45) is 0 Å². The second kappa shape index (κ2) is 3.36. The zero-order valence-corrected chi connectivity index (χ0v) is 9.98. The van der Waals surface area contributed by atoms with Crippen molar-refractivity contribution in [1.82, 2.24) is 0 Å². The van der Waals surface area contributed by atoms with E-state index in [1.807, 2.05) is 6.07 Å². The lowest BCUT2D eigenvalue weighted by atomic mass is 9.99. The molecule has 0 saturated heterocycles. The van der Waals surface area contributed by atoms with E-state index in [1.54, 1.807) is 0 Å². The van der Waals surface area contributed by atoms with Gasteiger partial charge in [-0.1, -0.05) is 42.5 Å². The zero-order chi connectivity index (χ0) is 12.1. The van der Waals surface area contributed by atoms with Gasteiger partial charge < -0.3 is 5.73 Å². The smallest absolute Gasteiger partial charge is 0.0320 e. The molecular formula is C17H13N. The minimum Gasteiger partial charge on any atom is -0.399 e. The molecule has 1 nitrogen and oxygen atoms in total. The molecule has 0 bridgehead atoms. The molecule has 18 heavy (non-hydrogen) atoms. The maximum absolute atomic E-state index is 5.85. The quantitative estimate of drug-likeness (QED) is 0.455. The minimum absolute atomic E-state index is 0.831. The van der Waals surface area contributed by atoms with Crippen molar-refractivity contribution in [3.63, 3.8) is 0 Å². The number of fused-ring (bicyclic) bond motifs is 5. The van der Waals surface area contributed by atoms with E-state index in [9.17, 15) is 0 Å². The number of anilines is 1. The van der Waals surface area contributed by atoms with E-state index in [0.29, 0.717) is 0 Å². The van der Waals surface area contributed by atoms with Gasteiger partial charge >= 0.3 is 0 Å². The van der Waals surface area contributed by atoms with Gasteiger partial charge in [0.25, 0.3) is 0 Å². The standard InChI is InChI=1S/C17H13N/c18-13-6-8-15-12(9-13)5-7-16-14-4-2-1-3-11(14)10-17(15)16/h1-9H,10,18H2. The first kappa shape index (κ1) is 9.72. The van der Waals surface area contributed by atoms with Gasteiger partial charge in [-0.25, -0.2) is 0 Å². The molecule has 0 atom stereocenters.